The number of aldehydes is 1. The minimum atomic E-state index is -0.102. The SMILES string of the molecule is CN(CCC(=O)Nc1ccc(Br)cc1C=O)Cc1ccccc1. The summed E-state index contributed by atoms with van der Waals surface area (Å²) in [6.45, 7) is 1.44. The molecule has 1 amide bonds. The number of halogens is 1. The summed E-state index contributed by atoms with van der Waals surface area (Å²) in [6.07, 6.45) is 1.11. The number of nitrogens with one attached hydrogen (secondary N) is 1. The van der Waals surface area contributed by atoms with Gasteiger partial charge in [-0.1, -0.05) is 46.3 Å². The minimum absolute atomic E-state index is 0.102. The van der Waals surface area contributed by atoms with E-state index in [0.717, 1.165) is 17.3 Å². The van der Waals surface area contributed by atoms with Crippen LogP contribution in [-0.2, 0) is 11.3 Å². The van der Waals surface area contributed by atoms with E-state index in [4.69, 9.17) is 0 Å². The van der Waals surface area contributed by atoms with E-state index in [1.165, 1.54) is 5.56 Å². The highest BCUT2D eigenvalue weighted by Crippen LogP contribution is 2.19. The summed E-state index contributed by atoms with van der Waals surface area (Å²) in [6, 6.07) is 15.3. The Morgan fingerprint density at radius 2 is 1.96 bits per heavy atom. The van der Waals surface area contributed by atoms with Crippen LogP contribution in [0, 0.1) is 0 Å². The third kappa shape index (κ3) is 5.62. The van der Waals surface area contributed by atoms with Gasteiger partial charge in [0, 0.05) is 29.5 Å². The average molecular weight is 375 g/mol. The molecule has 0 aliphatic heterocycles. The summed E-state index contributed by atoms with van der Waals surface area (Å²) < 4.78 is 0.806. The van der Waals surface area contributed by atoms with Crippen LogP contribution in [0.5, 0.6) is 0 Å². The standard InChI is InChI=1S/C18H19BrN2O2/c1-21(12-14-5-3-2-4-6-14)10-9-18(23)20-17-8-7-16(19)11-15(17)13-22/h2-8,11,13H,9-10,12H2,1H3,(H,20,23). The smallest absolute Gasteiger partial charge is 0.225 e. The summed E-state index contributed by atoms with van der Waals surface area (Å²) in [5.74, 6) is -0.102. The quantitative estimate of drug-likeness (QED) is 0.751. The lowest BCUT2D eigenvalue weighted by Crippen LogP contribution is -2.24. The highest BCUT2D eigenvalue weighted by molar-refractivity contribution is 9.10. The molecule has 2 aromatic rings. The van der Waals surface area contributed by atoms with Crippen LogP contribution in [0.15, 0.2) is 53.0 Å². The Kier molecular flexibility index (Phi) is 6.50. The highest BCUT2D eigenvalue weighted by Gasteiger charge is 2.09. The third-order valence-corrected chi connectivity index (χ3v) is 3.92. The van der Waals surface area contributed by atoms with Gasteiger partial charge in [0.15, 0.2) is 6.29 Å². The molecule has 4 nitrogen and oxygen atoms in total. The molecule has 0 heterocycles. The Bertz CT molecular complexity index is 674. The largest absolute Gasteiger partial charge is 0.325 e. The number of rotatable bonds is 7. The van der Waals surface area contributed by atoms with Crippen molar-refractivity contribution in [2.24, 2.45) is 0 Å². The molecule has 0 aliphatic carbocycles. The van der Waals surface area contributed by atoms with Crippen molar-refractivity contribution < 1.29 is 9.59 Å². The predicted octanol–water partition coefficient (Wildman–Crippen LogP) is 3.72. The molecule has 5 heteroatoms. The Labute approximate surface area is 144 Å². The van der Waals surface area contributed by atoms with Crippen molar-refractivity contribution in [3.05, 3.63) is 64.1 Å². The van der Waals surface area contributed by atoms with Crippen molar-refractivity contribution in [1.29, 1.82) is 0 Å². The second-order valence-electron chi connectivity index (χ2n) is 5.37. The van der Waals surface area contributed by atoms with Gasteiger partial charge in [0.2, 0.25) is 5.91 Å². The van der Waals surface area contributed by atoms with Crippen molar-refractivity contribution in [1.82, 2.24) is 4.90 Å². The number of carbonyl (C=O) groups excluding carboxylic acids is 2. The number of hydrogen-bond donors (Lipinski definition) is 1. The van der Waals surface area contributed by atoms with Crippen LogP contribution in [0.1, 0.15) is 22.3 Å². The summed E-state index contributed by atoms with van der Waals surface area (Å²) in [5, 5.41) is 2.79. The molecule has 0 saturated carbocycles. The predicted molar refractivity (Wildman–Crippen MR) is 95.6 cm³/mol. The van der Waals surface area contributed by atoms with Gasteiger partial charge < -0.3 is 10.2 Å². The van der Waals surface area contributed by atoms with Gasteiger partial charge in [-0.2, -0.15) is 0 Å². The van der Waals surface area contributed by atoms with E-state index in [2.05, 4.69) is 38.3 Å². The number of carbonyl (C=O) groups is 2. The fourth-order valence-electron chi connectivity index (χ4n) is 2.22. The zero-order chi connectivity index (χ0) is 16.7. The lowest BCUT2D eigenvalue weighted by atomic mass is 10.2. The van der Waals surface area contributed by atoms with Gasteiger partial charge in [-0.3, -0.25) is 9.59 Å². The zero-order valence-electron chi connectivity index (χ0n) is 13.0. The van der Waals surface area contributed by atoms with Gasteiger partial charge in [-0.05, 0) is 30.8 Å². The molecule has 120 valence electrons. The molecule has 0 radical (unpaired) electrons. The minimum Gasteiger partial charge on any atom is -0.325 e. The number of anilines is 1. The maximum atomic E-state index is 12.1. The van der Waals surface area contributed by atoms with Gasteiger partial charge in [-0.15, -0.1) is 0 Å². The molecule has 0 saturated heterocycles. The molecule has 0 bridgehead atoms. The van der Waals surface area contributed by atoms with E-state index < -0.39 is 0 Å². The van der Waals surface area contributed by atoms with Gasteiger partial charge >= 0.3 is 0 Å². The molecular formula is C18H19BrN2O2. The normalized spacial score (nSPS) is 10.6. The van der Waals surface area contributed by atoms with Crippen molar-refractivity contribution >= 4 is 33.8 Å². The summed E-state index contributed by atoms with van der Waals surface area (Å²) in [5.41, 5.74) is 2.22. The van der Waals surface area contributed by atoms with E-state index >= 15 is 0 Å². The maximum absolute atomic E-state index is 12.1. The fraction of sp³-hybridized carbons (Fsp3) is 0.222. The second-order valence-corrected chi connectivity index (χ2v) is 6.29. The molecule has 2 aromatic carbocycles. The van der Waals surface area contributed by atoms with E-state index in [9.17, 15) is 9.59 Å². The topological polar surface area (TPSA) is 49.4 Å². The number of nitrogens with zero attached hydrogens (tertiary/aromatic N) is 1. The highest BCUT2D eigenvalue weighted by atomic mass is 79.9. The summed E-state index contributed by atoms with van der Waals surface area (Å²) in [4.78, 5) is 25.2. The van der Waals surface area contributed by atoms with Gasteiger partial charge in [0.1, 0.15) is 0 Å². The molecule has 0 atom stereocenters. The lowest BCUT2D eigenvalue weighted by molar-refractivity contribution is -0.116. The van der Waals surface area contributed by atoms with Crippen LogP contribution < -0.4 is 5.32 Å². The van der Waals surface area contributed by atoms with Gasteiger partial charge in [-0.25, -0.2) is 0 Å². The molecule has 2 rings (SSSR count). The van der Waals surface area contributed by atoms with Crippen LogP contribution in [-0.4, -0.2) is 30.7 Å². The number of benzene rings is 2. The first-order valence-electron chi connectivity index (χ1n) is 7.35. The molecule has 23 heavy (non-hydrogen) atoms. The molecule has 0 spiro atoms. The zero-order valence-corrected chi connectivity index (χ0v) is 14.5. The van der Waals surface area contributed by atoms with Gasteiger partial charge in [0.05, 0.1) is 5.69 Å². The Morgan fingerprint density at radius 3 is 2.65 bits per heavy atom. The average Bonchev–Trinajstić information content (AvgIpc) is 2.55. The van der Waals surface area contributed by atoms with Crippen LogP contribution in [0.2, 0.25) is 0 Å². The van der Waals surface area contributed by atoms with Crippen molar-refractivity contribution in [2.75, 3.05) is 18.9 Å². The first-order chi connectivity index (χ1) is 11.1. The van der Waals surface area contributed by atoms with Crippen molar-refractivity contribution in [3.63, 3.8) is 0 Å². The number of hydrogen-bond acceptors (Lipinski definition) is 3. The summed E-state index contributed by atoms with van der Waals surface area (Å²) in [7, 11) is 1.98. The van der Waals surface area contributed by atoms with Crippen molar-refractivity contribution in [3.8, 4) is 0 Å². The third-order valence-electron chi connectivity index (χ3n) is 3.43. The molecular weight excluding hydrogens is 356 g/mol. The first kappa shape index (κ1) is 17.4. The second kappa shape index (κ2) is 8.60. The van der Waals surface area contributed by atoms with Crippen LogP contribution in [0.4, 0.5) is 5.69 Å². The Morgan fingerprint density at radius 1 is 1.22 bits per heavy atom. The maximum Gasteiger partial charge on any atom is 0.225 e. The Balaban J connectivity index is 1.84. The van der Waals surface area contributed by atoms with Gasteiger partial charge in [0.25, 0.3) is 0 Å². The molecule has 1 N–H and O–H groups in total. The van der Waals surface area contributed by atoms with Crippen molar-refractivity contribution in [2.45, 2.75) is 13.0 Å². The van der Waals surface area contributed by atoms with E-state index in [1.807, 2.05) is 25.2 Å². The lowest BCUT2D eigenvalue weighted by Gasteiger charge is -2.16. The first-order valence-corrected chi connectivity index (χ1v) is 8.15. The molecule has 0 aliphatic rings. The van der Waals surface area contributed by atoms with Crippen LogP contribution in [0.25, 0.3) is 0 Å². The molecule has 0 aromatic heterocycles. The van der Waals surface area contributed by atoms with E-state index in [1.54, 1.807) is 18.2 Å². The number of amides is 1. The fourth-order valence-corrected chi connectivity index (χ4v) is 2.60. The van der Waals surface area contributed by atoms with Crippen LogP contribution >= 0.6 is 15.9 Å². The molecule has 0 unspecified atom stereocenters. The monoisotopic (exact) mass is 374 g/mol. The van der Waals surface area contributed by atoms with Crippen LogP contribution in [0.3, 0.4) is 0 Å². The van der Waals surface area contributed by atoms with E-state index in [0.29, 0.717) is 24.2 Å². The molecule has 0 fully saturated rings. The Hall–Kier alpha value is -1.98. The summed E-state index contributed by atoms with van der Waals surface area (Å²) >= 11 is 3.31. The van der Waals surface area contributed by atoms with E-state index in [-0.39, 0.29) is 5.91 Å².